The van der Waals surface area contributed by atoms with Crippen LogP contribution in [0.5, 0.6) is 0 Å². The third-order valence-electron chi connectivity index (χ3n) is 2.84. The van der Waals surface area contributed by atoms with Gasteiger partial charge in [0.05, 0.1) is 11.8 Å². The van der Waals surface area contributed by atoms with E-state index in [2.05, 4.69) is 15.5 Å². The van der Waals surface area contributed by atoms with Gasteiger partial charge in [-0.1, -0.05) is 5.10 Å². The van der Waals surface area contributed by atoms with Gasteiger partial charge in [0.1, 0.15) is 0 Å². The van der Waals surface area contributed by atoms with Gasteiger partial charge in [-0.3, -0.25) is 0 Å². The number of piperidine rings is 1. The van der Waals surface area contributed by atoms with Crippen molar-refractivity contribution in [3.05, 3.63) is 21.9 Å². The summed E-state index contributed by atoms with van der Waals surface area (Å²) in [5, 5.41) is 20.1. The third-order valence-corrected chi connectivity index (χ3v) is 2.84. The molecule has 1 fully saturated rings. The van der Waals surface area contributed by atoms with E-state index in [0.29, 0.717) is 5.92 Å². The number of H-pyrrole nitrogens is 1. The van der Waals surface area contributed by atoms with Gasteiger partial charge < -0.3 is 15.4 Å². The smallest absolute Gasteiger partial charge is 0.345 e. The zero-order chi connectivity index (χ0) is 10.7. The van der Waals surface area contributed by atoms with Crippen LogP contribution in [0, 0.1) is 16.0 Å². The number of hydrogen-bond donors (Lipinski definition) is 2. The fraction of sp³-hybridized carbons (Fsp3) is 0.667. The van der Waals surface area contributed by atoms with Gasteiger partial charge in [0.15, 0.2) is 0 Å². The maximum atomic E-state index is 10.6. The summed E-state index contributed by atoms with van der Waals surface area (Å²) in [6, 6.07) is 0. The largest absolute Gasteiger partial charge is 0.358 e. The maximum Gasteiger partial charge on any atom is 0.345 e. The predicted octanol–water partition coefficient (Wildman–Crippen LogP) is 0.860. The highest BCUT2D eigenvalue weighted by Crippen LogP contribution is 2.22. The predicted molar refractivity (Wildman–Crippen MR) is 54.5 cm³/mol. The number of aromatic nitrogens is 2. The Kier molecular flexibility index (Phi) is 2.96. The molecule has 0 aliphatic carbocycles. The molecule has 2 N–H and O–H groups in total. The topological polar surface area (TPSA) is 83.8 Å². The second-order valence-electron chi connectivity index (χ2n) is 3.90. The van der Waals surface area contributed by atoms with Crippen molar-refractivity contribution in [1.82, 2.24) is 15.5 Å². The van der Waals surface area contributed by atoms with E-state index in [1.165, 1.54) is 0 Å². The molecule has 0 atom stereocenters. The Bertz CT molecular complexity index is 344. The van der Waals surface area contributed by atoms with E-state index in [-0.39, 0.29) is 5.82 Å². The highest BCUT2D eigenvalue weighted by molar-refractivity contribution is 5.29. The summed E-state index contributed by atoms with van der Waals surface area (Å²) in [6.45, 7) is 2.02. The summed E-state index contributed by atoms with van der Waals surface area (Å²) >= 11 is 0. The summed E-state index contributed by atoms with van der Waals surface area (Å²) in [7, 11) is 0. The Morgan fingerprint density at radius 1 is 1.53 bits per heavy atom. The fourth-order valence-corrected chi connectivity index (χ4v) is 2.01. The lowest BCUT2D eigenvalue weighted by molar-refractivity contribution is -0.390. The maximum absolute atomic E-state index is 10.6. The van der Waals surface area contributed by atoms with Gasteiger partial charge in [0.2, 0.25) is 0 Å². The average Bonchev–Trinajstić information content (AvgIpc) is 2.67. The van der Waals surface area contributed by atoms with Crippen LogP contribution in [0.4, 0.5) is 5.82 Å². The van der Waals surface area contributed by atoms with Crippen molar-refractivity contribution in [3.63, 3.8) is 0 Å². The van der Waals surface area contributed by atoms with E-state index in [1.807, 2.05) is 0 Å². The lowest BCUT2D eigenvalue weighted by Crippen LogP contribution is -2.28. The van der Waals surface area contributed by atoms with Crippen LogP contribution in [0.1, 0.15) is 18.4 Å². The molecular formula is C9H14N4O2. The van der Waals surface area contributed by atoms with Crippen molar-refractivity contribution in [2.24, 2.45) is 5.92 Å². The quantitative estimate of drug-likeness (QED) is 0.572. The summed E-state index contributed by atoms with van der Waals surface area (Å²) < 4.78 is 0. The van der Waals surface area contributed by atoms with Crippen LogP contribution < -0.4 is 5.32 Å². The Morgan fingerprint density at radius 2 is 2.27 bits per heavy atom. The van der Waals surface area contributed by atoms with Crippen molar-refractivity contribution in [2.75, 3.05) is 13.1 Å². The Balaban J connectivity index is 2.03. The van der Waals surface area contributed by atoms with E-state index < -0.39 is 4.92 Å². The van der Waals surface area contributed by atoms with Crippen molar-refractivity contribution in [2.45, 2.75) is 19.3 Å². The van der Waals surface area contributed by atoms with Crippen LogP contribution in [0.3, 0.4) is 0 Å². The highest BCUT2D eigenvalue weighted by atomic mass is 16.6. The van der Waals surface area contributed by atoms with Gasteiger partial charge in [-0.05, 0) is 43.2 Å². The van der Waals surface area contributed by atoms with Crippen LogP contribution in [0.15, 0.2) is 6.20 Å². The monoisotopic (exact) mass is 210 g/mol. The molecule has 0 saturated carbocycles. The van der Waals surface area contributed by atoms with E-state index in [0.717, 1.165) is 37.9 Å². The molecule has 0 spiro atoms. The molecule has 0 bridgehead atoms. The van der Waals surface area contributed by atoms with Crippen molar-refractivity contribution in [1.29, 1.82) is 0 Å². The first-order valence-corrected chi connectivity index (χ1v) is 5.14. The van der Waals surface area contributed by atoms with E-state index in [9.17, 15) is 10.1 Å². The molecule has 0 amide bonds. The van der Waals surface area contributed by atoms with Crippen molar-refractivity contribution in [3.8, 4) is 0 Å². The minimum atomic E-state index is -0.399. The number of hydrogen-bond acceptors (Lipinski definition) is 4. The van der Waals surface area contributed by atoms with Crippen molar-refractivity contribution >= 4 is 5.82 Å². The molecule has 6 nitrogen and oxygen atoms in total. The molecule has 1 aliphatic heterocycles. The lowest BCUT2D eigenvalue weighted by atomic mass is 9.92. The van der Waals surface area contributed by atoms with Crippen LogP contribution in [0.25, 0.3) is 0 Å². The molecule has 2 rings (SSSR count). The Morgan fingerprint density at radius 3 is 2.93 bits per heavy atom. The molecule has 0 radical (unpaired) electrons. The summed E-state index contributed by atoms with van der Waals surface area (Å²) in [5.41, 5.74) is 0.729. The minimum absolute atomic E-state index is 0.0496. The molecule has 1 saturated heterocycles. The third kappa shape index (κ3) is 2.33. The zero-order valence-corrected chi connectivity index (χ0v) is 8.40. The zero-order valence-electron chi connectivity index (χ0n) is 8.40. The van der Waals surface area contributed by atoms with Gasteiger partial charge in [0.25, 0.3) is 0 Å². The van der Waals surface area contributed by atoms with Crippen LogP contribution in [-0.2, 0) is 6.42 Å². The molecule has 0 aromatic carbocycles. The number of nitro groups is 1. The van der Waals surface area contributed by atoms with Crippen LogP contribution in [-0.4, -0.2) is 28.2 Å². The molecule has 1 aromatic rings. The molecule has 1 aromatic heterocycles. The highest BCUT2D eigenvalue weighted by Gasteiger charge is 2.20. The number of aromatic amines is 1. The second-order valence-corrected chi connectivity index (χ2v) is 3.90. The molecule has 15 heavy (non-hydrogen) atoms. The van der Waals surface area contributed by atoms with E-state index >= 15 is 0 Å². The first-order chi connectivity index (χ1) is 7.27. The van der Waals surface area contributed by atoms with E-state index in [4.69, 9.17) is 0 Å². The lowest BCUT2D eigenvalue weighted by Gasteiger charge is -2.21. The van der Waals surface area contributed by atoms with E-state index in [1.54, 1.807) is 6.20 Å². The first kappa shape index (κ1) is 10.1. The van der Waals surface area contributed by atoms with Gasteiger partial charge in [0, 0.05) is 0 Å². The van der Waals surface area contributed by atoms with Gasteiger partial charge >= 0.3 is 5.82 Å². The van der Waals surface area contributed by atoms with Gasteiger partial charge in [-0.15, -0.1) is 5.10 Å². The number of nitrogens with one attached hydrogen (secondary N) is 2. The molecular weight excluding hydrogens is 196 g/mol. The normalized spacial score (nSPS) is 17.9. The second kappa shape index (κ2) is 4.39. The standard InChI is InChI=1S/C9H14N4O2/c14-13(15)9-8(6-11-12-9)5-7-1-3-10-4-2-7/h6-7,10H,1-5H2,(H,11,12). The number of rotatable bonds is 3. The Hall–Kier alpha value is -1.43. The van der Waals surface area contributed by atoms with Gasteiger partial charge in [-0.25, -0.2) is 0 Å². The van der Waals surface area contributed by atoms with Crippen LogP contribution >= 0.6 is 0 Å². The molecule has 82 valence electrons. The number of nitrogens with zero attached hydrogens (tertiary/aromatic N) is 2. The van der Waals surface area contributed by atoms with Gasteiger partial charge in [-0.2, -0.15) is 0 Å². The Labute approximate surface area is 87.2 Å². The first-order valence-electron chi connectivity index (χ1n) is 5.14. The molecule has 1 aliphatic rings. The minimum Gasteiger partial charge on any atom is -0.358 e. The molecule has 0 unspecified atom stereocenters. The van der Waals surface area contributed by atoms with Crippen molar-refractivity contribution < 1.29 is 4.92 Å². The fourth-order valence-electron chi connectivity index (χ4n) is 2.01. The summed E-state index contributed by atoms with van der Waals surface area (Å²) in [4.78, 5) is 10.2. The van der Waals surface area contributed by atoms with Crippen LogP contribution in [0.2, 0.25) is 0 Å². The SMILES string of the molecule is O=[N+]([O-])c1[nH]ncc1CC1CCNCC1. The summed E-state index contributed by atoms with van der Waals surface area (Å²) in [5.74, 6) is 0.594. The molecule has 6 heteroatoms. The summed E-state index contributed by atoms with van der Waals surface area (Å²) in [6.07, 6.45) is 4.50. The molecule has 2 heterocycles. The average molecular weight is 210 g/mol.